The van der Waals surface area contributed by atoms with E-state index in [9.17, 15) is 4.79 Å². The molecule has 1 unspecified atom stereocenters. The molecule has 0 aliphatic carbocycles. The Morgan fingerprint density at radius 1 is 1.64 bits per heavy atom. The minimum atomic E-state index is -0.993. The highest BCUT2D eigenvalue weighted by Gasteiger charge is 2.03. The van der Waals surface area contributed by atoms with Crippen molar-refractivity contribution in [2.45, 2.75) is 13.0 Å². The van der Waals surface area contributed by atoms with E-state index in [2.05, 4.69) is 0 Å². The molecule has 7 heteroatoms. The van der Waals surface area contributed by atoms with Crippen molar-refractivity contribution < 1.29 is 20.1 Å². The third-order valence-electron chi connectivity index (χ3n) is 1.05. The zero-order chi connectivity index (χ0) is 11.7. The first-order valence-corrected chi connectivity index (χ1v) is 3.87. The van der Waals surface area contributed by atoms with Crippen molar-refractivity contribution in [2.75, 3.05) is 20.2 Å². The Kier molecular flexibility index (Phi) is 8.94. The second-order valence-corrected chi connectivity index (χ2v) is 2.67. The van der Waals surface area contributed by atoms with Crippen LogP contribution in [0.25, 0.3) is 0 Å². The van der Waals surface area contributed by atoms with Crippen LogP contribution in [0.2, 0.25) is 0 Å². The zero-order valence-corrected chi connectivity index (χ0v) is 8.27. The second-order valence-electron chi connectivity index (χ2n) is 2.67. The van der Waals surface area contributed by atoms with Crippen molar-refractivity contribution in [3.63, 3.8) is 0 Å². The van der Waals surface area contributed by atoms with E-state index in [1.807, 2.05) is 0 Å². The summed E-state index contributed by atoms with van der Waals surface area (Å²) < 4.78 is 0. The minimum Gasteiger partial charge on any atom is -0.480 e. The van der Waals surface area contributed by atoms with Gasteiger partial charge in [0.15, 0.2) is 5.96 Å². The molecule has 6 N–H and O–H groups in total. The fourth-order valence-electron chi connectivity index (χ4n) is 0.288. The number of nitrogens with zero attached hydrogens (tertiary/aromatic N) is 1. The van der Waals surface area contributed by atoms with Crippen molar-refractivity contribution in [3.05, 3.63) is 0 Å². The van der Waals surface area contributed by atoms with Crippen LogP contribution in [0.4, 0.5) is 0 Å². The molecule has 0 aromatic rings. The molecule has 84 valence electrons. The molecule has 0 amide bonds. The van der Waals surface area contributed by atoms with Gasteiger partial charge in [0, 0.05) is 7.05 Å². The molecule has 0 aromatic carbocycles. The normalized spacial score (nSPS) is 10.9. The molecule has 0 radical (unpaired) electrons. The Balaban J connectivity index is 0. The first-order chi connectivity index (χ1) is 6.31. The van der Waals surface area contributed by atoms with E-state index in [-0.39, 0.29) is 19.1 Å². The predicted octanol–water partition coefficient (Wildman–Crippen LogP) is -1.74. The lowest BCUT2D eigenvalue weighted by molar-refractivity contribution is -0.137. The summed E-state index contributed by atoms with van der Waals surface area (Å²) in [4.78, 5) is 11.0. The Morgan fingerprint density at radius 2 is 2.00 bits per heavy atom. The third-order valence-corrected chi connectivity index (χ3v) is 1.05. The van der Waals surface area contributed by atoms with Crippen molar-refractivity contribution in [3.8, 4) is 0 Å². The van der Waals surface area contributed by atoms with Crippen LogP contribution in [-0.2, 0) is 4.79 Å². The van der Waals surface area contributed by atoms with Gasteiger partial charge in [0.25, 0.3) is 0 Å². The summed E-state index contributed by atoms with van der Waals surface area (Å²) in [5.41, 5.74) is 4.93. The molecule has 0 aliphatic heterocycles. The molecular formula is C7H17N3O4. The molecule has 1 atom stereocenters. The number of rotatable bonds is 3. The van der Waals surface area contributed by atoms with Crippen LogP contribution >= 0.6 is 0 Å². The van der Waals surface area contributed by atoms with Crippen LogP contribution < -0.4 is 5.73 Å². The molecule has 0 heterocycles. The van der Waals surface area contributed by atoms with Gasteiger partial charge in [0.05, 0.1) is 12.7 Å². The molecule has 0 saturated carbocycles. The molecule has 0 bridgehead atoms. The maximum absolute atomic E-state index is 9.92. The van der Waals surface area contributed by atoms with Crippen LogP contribution in [0, 0.1) is 5.41 Å². The van der Waals surface area contributed by atoms with Gasteiger partial charge < -0.3 is 26.0 Å². The van der Waals surface area contributed by atoms with Gasteiger partial charge >= 0.3 is 5.97 Å². The number of carboxylic acids is 1. The predicted molar refractivity (Wildman–Crippen MR) is 50.9 cm³/mol. The summed E-state index contributed by atoms with van der Waals surface area (Å²) >= 11 is 0. The standard InChI is InChI=1S/C4H9N3O2.C3H8O2/c1-7(4(5)6)2-3(8)9;1-3(5)2-4/h2H2,1H3,(H3,5,6)(H,8,9);3-5H,2H2,1H3. The number of hydrogen-bond donors (Lipinski definition) is 5. The maximum Gasteiger partial charge on any atom is 0.323 e. The number of carboxylic acid groups (broad SMARTS) is 1. The first kappa shape index (κ1) is 15.1. The molecule has 0 spiro atoms. The first-order valence-electron chi connectivity index (χ1n) is 3.87. The topological polar surface area (TPSA) is 131 Å². The zero-order valence-electron chi connectivity index (χ0n) is 8.27. The van der Waals surface area contributed by atoms with Crippen LogP contribution in [0.5, 0.6) is 0 Å². The maximum atomic E-state index is 9.92. The number of nitrogens with two attached hydrogens (primary N) is 1. The lowest BCUT2D eigenvalue weighted by atomic mass is 10.5. The fraction of sp³-hybridized carbons (Fsp3) is 0.714. The molecule has 0 saturated heterocycles. The molecule has 0 rings (SSSR count). The largest absolute Gasteiger partial charge is 0.480 e. The fourth-order valence-corrected chi connectivity index (χ4v) is 0.288. The molecule has 0 fully saturated rings. The van der Waals surface area contributed by atoms with E-state index in [1.165, 1.54) is 14.0 Å². The molecular weight excluding hydrogens is 190 g/mol. The Bertz CT molecular complexity index is 184. The van der Waals surface area contributed by atoms with E-state index in [4.69, 9.17) is 26.5 Å². The number of nitrogens with one attached hydrogen (secondary N) is 1. The lowest BCUT2D eigenvalue weighted by Gasteiger charge is -2.12. The Morgan fingerprint density at radius 3 is 2.07 bits per heavy atom. The van der Waals surface area contributed by atoms with Gasteiger partial charge in [-0.1, -0.05) is 0 Å². The number of aliphatic hydroxyl groups excluding tert-OH is 2. The van der Waals surface area contributed by atoms with Crippen molar-refractivity contribution in [2.24, 2.45) is 5.73 Å². The molecule has 0 aliphatic rings. The number of hydrogen-bond acceptors (Lipinski definition) is 4. The van der Waals surface area contributed by atoms with Crippen molar-refractivity contribution in [1.29, 1.82) is 5.41 Å². The quantitative estimate of drug-likeness (QED) is 0.275. The van der Waals surface area contributed by atoms with Gasteiger partial charge in [-0.25, -0.2) is 0 Å². The SMILES string of the molecule is CC(O)CO.CN(CC(=O)O)C(=N)N. The van der Waals surface area contributed by atoms with Gasteiger partial charge in [-0.3, -0.25) is 10.2 Å². The van der Waals surface area contributed by atoms with E-state index in [0.717, 1.165) is 4.90 Å². The molecule has 0 aromatic heterocycles. The van der Waals surface area contributed by atoms with Crippen LogP contribution in [-0.4, -0.2) is 58.5 Å². The lowest BCUT2D eigenvalue weighted by Crippen LogP contribution is -2.36. The number of carbonyl (C=O) groups is 1. The summed E-state index contributed by atoms with van der Waals surface area (Å²) in [6, 6.07) is 0. The number of likely N-dealkylation sites (N-methyl/N-ethyl adjacent to an activating group) is 1. The number of aliphatic carboxylic acids is 1. The van der Waals surface area contributed by atoms with E-state index >= 15 is 0 Å². The number of guanidine groups is 1. The van der Waals surface area contributed by atoms with Crippen LogP contribution in [0.15, 0.2) is 0 Å². The summed E-state index contributed by atoms with van der Waals surface area (Å²) in [6.45, 7) is 1.16. The Hall–Kier alpha value is -1.34. The van der Waals surface area contributed by atoms with Crippen LogP contribution in [0.1, 0.15) is 6.92 Å². The van der Waals surface area contributed by atoms with Gasteiger partial charge in [-0.2, -0.15) is 0 Å². The number of aliphatic hydroxyl groups is 2. The van der Waals surface area contributed by atoms with E-state index in [1.54, 1.807) is 0 Å². The van der Waals surface area contributed by atoms with Gasteiger partial charge in [-0.15, -0.1) is 0 Å². The highest BCUT2D eigenvalue weighted by Crippen LogP contribution is 1.76. The van der Waals surface area contributed by atoms with E-state index in [0.29, 0.717) is 0 Å². The summed E-state index contributed by atoms with van der Waals surface area (Å²) in [7, 11) is 1.44. The summed E-state index contributed by atoms with van der Waals surface area (Å²) in [6.07, 6.45) is -0.560. The van der Waals surface area contributed by atoms with Gasteiger partial charge in [0.1, 0.15) is 6.54 Å². The van der Waals surface area contributed by atoms with Crippen molar-refractivity contribution >= 4 is 11.9 Å². The minimum absolute atomic E-state index is 0.139. The van der Waals surface area contributed by atoms with Gasteiger partial charge in [-0.05, 0) is 6.92 Å². The monoisotopic (exact) mass is 207 g/mol. The smallest absolute Gasteiger partial charge is 0.323 e. The average Bonchev–Trinajstić information content (AvgIpc) is 2.04. The summed E-state index contributed by atoms with van der Waals surface area (Å²) in [5, 5.41) is 30.9. The molecule has 14 heavy (non-hydrogen) atoms. The van der Waals surface area contributed by atoms with Crippen molar-refractivity contribution in [1.82, 2.24) is 4.90 Å². The van der Waals surface area contributed by atoms with Gasteiger partial charge in [0.2, 0.25) is 0 Å². The van der Waals surface area contributed by atoms with E-state index < -0.39 is 12.1 Å². The second kappa shape index (κ2) is 8.27. The highest BCUT2D eigenvalue weighted by atomic mass is 16.4. The third kappa shape index (κ3) is 13.3. The Labute approximate surface area is 82.3 Å². The van der Waals surface area contributed by atoms with Crippen LogP contribution in [0.3, 0.4) is 0 Å². The highest BCUT2D eigenvalue weighted by molar-refractivity contribution is 5.79. The summed E-state index contributed by atoms with van der Waals surface area (Å²) in [5.74, 6) is -1.23. The average molecular weight is 207 g/mol. The molecule has 7 nitrogen and oxygen atoms in total.